The number of rotatable bonds is 1. The van der Waals surface area contributed by atoms with Crippen LogP contribution in [0.25, 0.3) is 0 Å². The van der Waals surface area contributed by atoms with E-state index < -0.39 is 5.54 Å². The molecule has 0 unspecified atom stereocenters. The maximum Gasteiger partial charge on any atom is 0.238 e. The Bertz CT molecular complexity index is 251. The number of fused-ring (bicyclic) bond motifs is 1. The highest BCUT2D eigenvalue weighted by molar-refractivity contribution is 5.96. The molecule has 2 aliphatic heterocycles. The molecule has 0 saturated carbocycles. The van der Waals surface area contributed by atoms with Crippen molar-refractivity contribution in [2.45, 2.75) is 24.8 Å². The van der Waals surface area contributed by atoms with Crippen molar-refractivity contribution in [2.24, 2.45) is 5.73 Å². The van der Waals surface area contributed by atoms with Gasteiger partial charge < -0.3 is 5.73 Å². The normalized spacial score (nSPS) is 35.5. The van der Waals surface area contributed by atoms with Crippen molar-refractivity contribution in [1.29, 1.82) is 0 Å². The summed E-state index contributed by atoms with van der Waals surface area (Å²) in [5.41, 5.74) is 4.70. The molecule has 0 aromatic heterocycles. The molecule has 66 valence electrons. The predicted molar refractivity (Wildman–Crippen MR) is 42.4 cm³/mol. The number of nitrogens with two attached hydrogens (primary N) is 1. The van der Waals surface area contributed by atoms with Gasteiger partial charge in [-0.1, -0.05) is 0 Å². The van der Waals surface area contributed by atoms with Crippen LogP contribution >= 0.6 is 0 Å². The molecule has 2 saturated heterocycles. The molecule has 1 amide bonds. The standard InChI is InChI=1S/C8H12N2O2/c9-7(12)8-2-1-3-10(8)5-6(11)4-8/h1-5H2,(H2,9,12)/t8-/m1/s1. The van der Waals surface area contributed by atoms with Crippen molar-refractivity contribution < 1.29 is 9.59 Å². The van der Waals surface area contributed by atoms with Crippen LogP contribution in [0.1, 0.15) is 19.3 Å². The molecular formula is C8H12N2O2. The van der Waals surface area contributed by atoms with Crippen LogP contribution in [0.5, 0.6) is 0 Å². The zero-order valence-electron chi connectivity index (χ0n) is 6.88. The topological polar surface area (TPSA) is 63.4 Å². The van der Waals surface area contributed by atoms with Gasteiger partial charge in [0.05, 0.1) is 6.54 Å². The predicted octanol–water partition coefficient (Wildman–Crippen LogP) is -0.721. The van der Waals surface area contributed by atoms with Crippen molar-refractivity contribution >= 4 is 11.7 Å². The molecule has 1 atom stereocenters. The number of hydrogen-bond donors (Lipinski definition) is 1. The summed E-state index contributed by atoms with van der Waals surface area (Å²) in [6.45, 7) is 1.26. The lowest BCUT2D eigenvalue weighted by Crippen LogP contribution is -2.49. The van der Waals surface area contributed by atoms with Crippen molar-refractivity contribution in [3.05, 3.63) is 0 Å². The van der Waals surface area contributed by atoms with E-state index in [4.69, 9.17) is 5.73 Å². The highest BCUT2D eigenvalue weighted by Crippen LogP contribution is 2.36. The first-order valence-electron chi connectivity index (χ1n) is 4.22. The number of hydrogen-bond acceptors (Lipinski definition) is 3. The summed E-state index contributed by atoms with van der Waals surface area (Å²) >= 11 is 0. The summed E-state index contributed by atoms with van der Waals surface area (Å²) in [6.07, 6.45) is 2.08. The minimum Gasteiger partial charge on any atom is -0.368 e. The van der Waals surface area contributed by atoms with Gasteiger partial charge >= 0.3 is 0 Å². The van der Waals surface area contributed by atoms with Crippen LogP contribution in [0, 0.1) is 0 Å². The van der Waals surface area contributed by atoms with Crippen LogP contribution in [-0.4, -0.2) is 35.2 Å². The molecule has 0 aromatic carbocycles. The zero-order chi connectivity index (χ0) is 8.77. The third-order valence-corrected chi connectivity index (χ3v) is 2.94. The average Bonchev–Trinajstić information content (AvgIpc) is 2.42. The highest BCUT2D eigenvalue weighted by atomic mass is 16.2. The Balaban J connectivity index is 2.32. The number of primary amides is 1. The van der Waals surface area contributed by atoms with Gasteiger partial charge in [0.15, 0.2) is 0 Å². The molecule has 0 aromatic rings. The zero-order valence-corrected chi connectivity index (χ0v) is 6.88. The van der Waals surface area contributed by atoms with E-state index in [-0.39, 0.29) is 11.7 Å². The van der Waals surface area contributed by atoms with Crippen LogP contribution in [0.3, 0.4) is 0 Å². The van der Waals surface area contributed by atoms with Crippen LogP contribution in [0.4, 0.5) is 0 Å². The monoisotopic (exact) mass is 168 g/mol. The Labute approximate surface area is 70.7 Å². The minimum atomic E-state index is -0.600. The van der Waals surface area contributed by atoms with E-state index in [9.17, 15) is 9.59 Å². The Morgan fingerprint density at radius 1 is 1.58 bits per heavy atom. The Morgan fingerprint density at radius 3 is 2.92 bits per heavy atom. The maximum atomic E-state index is 11.2. The third-order valence-electron chi connectivity index (χ3n) is 2.94. The van der Waals surface area contributed by atoms with Crippen molar-refractivity contribution in [3.8, 4) is 0 Å². The first-order valence-corrected chi connectivity index (χ1v) is 4.22. The third kappa shape index (κ3) is 0.813. The number of Topliss-reactive ketones (excluding diaryl/α,β-unsaturated/α-hetero) is 1. The average molecular weight is 168 g/mol. The molecule has 0 bridgehead atoms. The molecule has 2 rings (SSSR count). The lowest BCUT2D eigenvalue weighted by atomic mass is 9.93. The van der Waals surface area contributed by atoms with E-state index in [1.807, 2.05) is 4.90 Å². The highest BCUT2D eigenvalue weighted by Gasteiger charge is 2.52. The molecule has 0 spiro atoms. The summed E-state index contributed by atoms with van der Waals surface area (Å²) in [5.74, 6) is -0.181. The van der Waals surface area contributed by atoms with Gasteiger partial charge in [0.1, 0.15) is 11.3 Å². The maximum absolute atomic E-state index is 11.2. The van der Waals surface area contributed by atoms with Crippen molar-refractivity contribution in [2.75, 3.05) is 13.1 Å². The second-order valence-corrected chi connectivity index (χ2v) is 3.64. The van der Waals surface area contributed by atoms with Gasteiger partial charge in [0.25, 0.3) is 0 Å². The van der Waals surface area contributed by atoms with Gasteiger partial charge in [0.2, 0.25) is 5.91 Å². The first kappa shape index (κ1) is 7.73. The molecule has 4 nitrogen and oxygen atoms in total. The molecule has 4 heteroatoms. The molecule has 2 heterocycles. The van der Waals surface area contributed by atoms with E-state index >= 15 is 0 Å². The molecular weight excluding hydrogens is 156 g/mol. The summed E-state index contributed by atoms with van der Waals surface area (Å²) in [6, 6.07) is 0. The quantitative estimate of drug-likeness (QED) is 0.562. The van der Waals surface area contributed by atoms with Gasteiger partial charge in [-0.25, -0.2) is 0 Å². The van der Waals surface area contributed by atoms with E-state index in [2.05, 4.69) is 0 Å². The fourth-order valence-corrected chi connectivity index (χ4v) is 2.33. The Kier molecular flexibility index (Phi) is 1.48. The summed E-state index contributed by atoms with van der Waals surface area (Å²) in [4.78, 5) is 24.2. The SMILES string of the molecule is NC(=O)[C@]12CCCN1CC(=O)C2. The van der Waals surface area contributed by atoms with Crippen LogP contribution in [0.2, 0.25) is 0 Å². The summed E-state index contributed by atoms with van der Waals surface area (Å²) in [7, 11) is 0. The van der Waals surface area contributed by atoms with Gasteiger partial charge in [0, 0.05) is 6.42 Å². The molecule has 2 fully saturated rings. The largest absolute Gasteiger partial charge is 0.368 e. The second-order valence-electron chi connectivity index (χ2n) is 3.64. The van der Waals surface area contributed by atoms with Crippen LogP contribution in [0.15, 0.2) is 0 Å². The first-order chi connectivity index (χ1) is 5.65. The van der Waals surface area contributed by atoms with Crippen molar-refractivity contribution in [3.63, 3.8) is 0 Å². The number of nitrogens with zero attached hydrogens (tertiary/aromatic N) is 1. The smallest absolute Gasteiger partial charge is 0.238 e. The van der Waals surface area contributed by atoms with E-state index in [0.29, 0.717) is 13.0 Å². The number of ketones is 1. The molecule has 2 N–H and O–H groups in total. The number of carbonyl (C=O) groups excluding carboxylic acids is 2. The molecule has 12 heavy (non-hydrogen) atoms. The van der Waals surface area contributed by atoms with Crippen LogP contribution in [-0.2, 0) is 9.59 Å². The fraction of sp³-hybridized carbons (Fsp3) is 0.750. The van der Waals surface area contributed by atoms with E-state index in [1.54, 1.807) is 0 Å². The summed E-state index contributed by atoms with van der Waals surface area (Å²) < 4.78 is 0. The summed E-state index contributed by atoms with van der Waals surface area (Å²) in [5, 5.41) is 0. The van der Waals surface area contributed by atoms with Crippen molar-refractivity contribution in [1.82, 2.24) is 4.90 Å². The number of amides is 1. The van der Waals surface area contributed by atoms with E-state index in [0.717, 1.165) is 19.4 Å². The molecule has 2 aliphatic rings. The van der Waals surface area contributed by atoms with Gasteiger partial charge in [-0.15, -0.1) is 0 Å². The lowest BCUT2D eigenvalue weighted by Gasteiger charge is -2.26. The van der Waals surface area contributed by atoms with E-state index in [1.165, 1.54) is 0 Å². The van der Waals surface area contributed by atoms with Gasteiger partial charge in [-0.2, -0.15) is 0 Å². The second kappa shape index (κ2) is 2.29. The Morgan fingerprint density at radius 2 is 2.33 bits per heavy atom. The fourth-order valence-electron chi connectivity index (χ4n) is 2.33. The van der Waals surface area contributed by atoms with Gasteiger partial charge in [-0.3, -0.25) is 14.5 Å². The number of carbonyl (C=O) groups is 2. The van der Waals surface area contributed by atoms with Crippen LogP contribution < -0.4 is 5.73 Å². The minimum absolute atomic E-state index is 0.147. The van der Waals surface area contributed by atoms with Gasteiger partial charge in [-0.05, 0) is 19.4 Å². The lowest BCUT2D eigenvalue weighted by molar-refractivity contribution is -0.127. The Hall–Kier alpha value is -0.900. The molecule has 0 radical (unpaired) electrons. The molecule has 0 aliphatic carbocycles.